The number of hydrogen-bond donors (Lipinski definition) is 1. The predicted octanol–water partition coefficient (Wildman–Crippen LogP) is 3.87. The van der Waals surface area contributed by atoms with Crippen molar-refractivity contribution in [1.29, 1.82) is 0 Å². The molecule has 1 N–H and O–H groups in total. The van der Waals surface area contributed by atoms with Crippen LogP contribution in [0.25, 0.3) is 23.4 Å². The van der Waals surface area contributed by atoms with Gasteiger partial charge in [-0.3, -0.25) is 4.68 Å². The number of carbonyl (C=O) groups is 1. The zero-order valence-corrected chi connectivity index (χ0v) is 14.9. The summed E-state index contributed by atoms with van der Waals surface area (Å²) in [6, 6.07) is 9.95. The van der Waals surface area contributed by atoms with Crippen molar-refractivity contribution in [2.24, 2.45) is 7.05 Å². The van der Waals surface area contributed by atoms with Crippen molar-refractivity contribution in [3.8, 4) is 11.3 Å². The van der Waals surface area contributed by atoms with Gasteiger partial charge in [0.25, 0.3) is 0 Å². The number of aromatic nitrogens is 4. The molecule has 2 aromatic heterocycles. The topological polar surface area (TPSA) is 80.9 Å². The number of hydrogen-bond acceptors (Lipinski definition) is 4. The Balaban J connectivity index is 1.98. The highest BCUT2D eigenvalue weighted by Crippen LogP contribution is 2.24. The summed E-state index contributed by atoms with van der Waals surface area (Å²) in [7, 11) is 1.90. The molecule has 0 amide bonds. The number of rotatable bonds is 5. The highest BCUT2D eigenvalue weighted by Gasteiger charge is 2.15. The Bertz CT molecular complexity index is 973. The minimum atomic E-state index is -1.01. The number of carboxylic acid groups (broad SMARTS) is 1. The standard InChI is InChI=1S/C20H20N4O2/c1-13(2)19-16(20(25)26)12-21-18(23-19)9-8-14-6-4-5-7-15(14)17-10-11-22-24(17)3/h4-13H,1-3H3,(H,25,26)/b9-8+. The van der Waals surface area contributed by atoms with Gasteiger partial charge in [-0.05, 0) is 23.6 Å². The van der Waals surface area contributed by atoms with Crippen molar-refractivity contribution in [2.45, 2.75) is 19.8 Å². The molecule has 3 rings (SSSR count). The van der Waals surface area contributed by atoms with Crippen molar-refractivity contribution >= 4 is 18.1 Å². The summed E-state index contributed by atoms with van der Waals surface area (Å²) in [6.45, 7) is 3.83. The lowest BCUT2D eigenvalue weighted by molar-refractivity contribution is 0.0694. The third-order valence-corrected chi connectivity index (χ3v) is 4.08. The fourth-order valence-electron chi connectivity index (χ4n) is 2.77. The molecule has 2 heterocycles. The first kappa shape index (κ1) is 17.5. The van der Waals surface area contributed by atoms with Gasteiger partial charge in [-0.25, -0.2) is 14.8 Å². The minimum absolute atomic E-state index is 0.00187. The lowest BCUT2D eigenvalue weighted by atomic mass is 10.0. The molecule has 0 aliphatic carbocycles. The van der Waals surface area contributed by atoms with E-state index in [0.717, 1.165) is 16.8 Å². The van der Waals surface area contributed by atoms with Crippen LogP contribution in [0.5, 0.6) is 0 Å². The van der Waals surface area contributed by atoms with Crippen LogP contribution in [0.3, 0.4) is 0 Å². The Morgan fingerprint density at radius 3 is 2.62 bits per heavy atom. The summed E-state index contributed by atoms with van der Waals surface area (Å²) in [5.41, 5.74) is 3.75. The zero-order valence-electron chi connectivity index (χ0n) is 14.9. The van der Waals surface area contributed by atoms with E-state index in [4.69, 9.17) is 0 Å². The predicted molar refractivity (Wildman–Crippen MR) is 101 cm³/mol. The molecule has 0 saturated heterocycles. The normalized spacial score (nSPS) is 11.4. The van der Waals surface area contributed by atoms with E-state index in [1.165, 1.54) is 6.20 Å². The molecule has 0 spiro atoms. The third kappa shape index (κ3) is 3.54. The van der Waals surface area contributed by atoms with Crippen LogP contribution < -0.4 is 0 Å². The third-order valence-electron chi connectivity index (χ3n) is 4.08. The van der Waals surface area contributed by atoms with Crippen LogP contribution in [0.1, 0.15) is 47.2 Å². The van der Waals surface area contributed by atoms with E-state index >= 15 is 0 Å². The average molecular weight is 348 g/mol. The lowest BCUT2D eigenvalue weighted by Gasteiger charge is -2.09. The van der Waals surface area contributed by atoms with Crippen LogP contribution in [0.4, 0.5) is 0 Å². The Kier molecular flexibility index (Phi) is 4.93. The van der Waals surface area contributed by atoms with Crippen LogP contribution in [0, 0.1) is 0 Å². The monoisotopic (exact) mass is 348 g/mol. The van der Waals surface area contributed by atoms with Crippen molar-refractivity contribution in [3.05, 3.63) is 65.4 Å². The maximum atomic E-state index is 11.3. The first-order chi connectivity index (χ1) is 12.5. The molecule has 0 aliphatic rings. The van der Waals surface area contributed by atoms with Gasteiger partial charge in [-0.1, -0.05) is 44.2 Å². The number of benzene rings is 1. The molecule has 0 aliphatic heterocycles. The second-order valence-corrected chi connectivity index (χ2v) is 6.25. The van der Waals surface area contributed by atoms with Crippen molar-refractivity contribution in [2.75, 3.05) is 0 Å². The number of aromatic carboxylic acids is 1. The quantitative estimate of drug-likeness (QED) is 0.757. The second kappa shape index (κ2) is 7.31. The minimum Gasteiger partial charge on any atom is -0.478 e. The van der Waals surface area contributed by atoms with Gasteiger partial charge in [0.05, 0.1) is 17.0 Å². The Morgan fingerprint density at radius 1 is 1.19 bits per heavy atom. The zero-order chi connectivity index (χ0) is 18.7. The van der Waals surface area contributed by atoms with Crippen LogP contribution >= 0.6 is 0 Å². The Hall–Kier alpha value is -3.28. The smallest absolute Gasteiger partial charge is 0.339 e. The van der Waals surface area contributed by atoms with Gasteiger partial charge < -0.3 is 5.11 Å². The molecule has 0 unspecified atom stereocenters. The second-order valence-electron chi connectivity index (χ2n) is 6.25. The van der Waals surface area contributed by atoms with E-state index in [2.05, 4.69) is 15.1 Å². The molecule has 0 bridgehead atoms. The molecule has 132 valence electrons. The maximum Gasteiger partial charge on any atom is 0.339 e. The van der Waals surface area contributed by atoms with Crippen LogP contribution in [0.2, 0.25) is 0 Å². The van der Waals surface area contributed by atoms with Gasteiger partial charge in [0.1, 0.15) is 0 Å². The molecular formula is C20H20N4O2. The largest absolute Gasteiger partial charge is 0.478 e. The lowest BCUT2D eigenvalue weighted by Crippen LogP contribution is -2.08. The van der Waals surface area contributed by atoms with Crippen LogP contribution in [-0.4, -0.2) is 30.8 Å². The highest BCUT2D eigenvalue weighted by atomic mass is 16.4. The van der Waals surface area contributed by atoms with Gasteiger partial charge in [-0.2, -0.15) is 5.10 Å². The number of nitrogens with zero attached hydrogens (tertiary/aromatic N) is 4. The Morgan fingerprint density at radius 2 is 1.96 bits per heavy atom. The molecule has 26 heavy (non-hydrogen) atoms. The van der Waals surface area contributed by atoms with Gasteiger partial charge in [0.15, 0.2) is 5.82 Å². The first-order valence-electron chi connectivity index (χ1n) is 8.33. The van der Waals surface area contributed by atoms with Crippen molar-refractivity contribution < 1.29 is 9.90 Å². The molecule has 0 saturated carbocycles. The molecule has 0 atom stereocenters. The van der Waals surface area contributed by atoms with Gasteiger partial charge in [0, 0.05) is 25.0 Å². The summed E-state index contributed by atoms with van der Waals surface area (Å²) in [5, 5.41) is 13.5. The van der Waals surface area contributed by atoms with E-state index in [0.29, 0.717) is 11.5 Å². The molecule has 6 nitrogen and oxygen atoms in total. The summed E-state index contributed by atoms with van der Waals surface area (Å²) in [6.07, 6.45) is 6.87. The fraction of sp³-hybridized carbons (Fsp3) is 0.200. The van der Waals surface area contributed by atoms with E-state index in [-0.39, 0.29) is 11.5 Å². The molecule has 0 radical (unpaired) electrons. The van der Waals surface area contributed by atoms with Crippen molar-refractivity contribution in [1.82, 2.24) is 19.7 Å². The van der Waals surface area contributed by atoms with Crippen LogP contribution in [-0.2, 0) is 7.05 Å². The van der Waals surface area contributed by atoms with E-state index < -0.39 is 5.97 Å². The SMILES string of the molecule is CC(C)c1nc(/C=C/c2ccccc2-c2ccnn2C)ncc1C(=O)O. The van der Waals surface area contributed by atoms with E-state index in [1.807, 2.05) is 62.0 Å². The van der Waals surface area contributed by atoms with Gasteiger partial charge in [-0.15, -0.1) is 0 Å². The molecule has 0 fully saturated rings. The summed E-state index contributed by atoms with van der Waals surface area (Å²) in [5.74, 6) is -0.526. The molecule has 3 aromatic rings. The van der Waals surface area contributed by atoms with Gasteiger partial charge >= 0.3 is 5.97 Å². The highest BCUT2D eigenvalue weighted by molar-refractivity contribution is 5.89. The number of carboxylic acids is 1. The Labute approximate surface area is 151 Å². The number of aryl methyl sites for hydroxylation is 1. The molecular weight excluding hydrogens is 328 g/mol. The van der Waals surface area contributed by atoms with E-state index in [9.17, 15) is 9.90 Å². The summed E-state index contributed by atoms with van der Waals surface area (Å²) in [4.78, 5) is 19.9. The average Bonchev–Trinajstić information content (AvgIpc) is 3.05. The van der Waals surface area contributed by atoms with Gasteiger partial charge in [0.2, 0.25) is 0 Å². The molecule has 6 heteroatoms. The summed E-state index contributed by atoms with van der Waals surface area (Å²) >= 11 is 0. The van der Waals surface area contributed by atoms with E-state index in [1.54, 1.807) is 12.3 Å². The first-order valence-corrected chi connectivity index (χ1v) is 8.33. The molecule has 1 aromatic carbocycles. The maximum absolute atomic E-state index is 11.3. The van der Waals surface area contributed by atoms with Crippen LogP contribution in [0.15, 0.2) is 42.7 Å². The summed E-state index contributed by atoms with van der Waals surface area (Å²) < 4.78 is 1.82. The van der Waals surface area contributed by atoms with Crippen molar-refractivity contribution in [3.63, 3.8) is 0 Å². The fourth-order valence-corrected chi connectivity index (χ4v) is 2.77.